The summed E-state index contributed by atoms with van der Waals surface area (Å²) in [6.07, 6.45) is -3.30. The quantitative estimate of drug-likeness (QED) is 0.515. The number of amides is 1. The fourth-order valence-corrected chi connectivity index (χ4v) is 2.99. The van der Waals surface area contributed by atoms with Crippen LogP contribution in [-0.2, 0) is 17.6 Å². The number of carbonyl (C=O) groups excluding carboxylic acids is 1. The summed E-state index contributed by atoms with van der Waals surface area (Å²) in [4.78, 5) is 21.5. The zero-order valence-electron chi connectivity index (χ0n) is 15.2. The van der Waals surface area contributed by atoms with E-state index >= 15 is 0 Å². The van der Waals surface area contributed by atoms with Gasteiger partial charge in [-0.05, 0) is 29.8 Å². The molecule has 0 aliphatic rings. The van der Waals surface area contributed by atoms with Gasteiger partial charge in [0, 0.05) is 0 Å². The number of carbonyl (C=O) groups is 1. The Kier molecular flexibility index (Phi) is 7.53. The predicted molar refractivity (Wildman–Crippen MR) is 108 cm³/mol. The molecule has 0 radical (unpaired) electrons. The van der Waals surface area contributed by atoms with Gasteiger partial charge in [0.2, 0.25) is 5.82 Å². The normalized spacial score (nSPS) is 11.2. The second kappa shape index (κ2) is 9.54. The fourth-order valence-electron chi connectivity index (χ4n) is 2.51. The molecule has 0 saturated carbocycles. The number of hydroxylamine groups is 2. The molecular weight excluding hydrogens is 460 g/mol. The Morgan fingerprint density at radius 3 is 2.45 bits per heavy atom. The maximum atomic E-state index is 12.9. The molecule has 0 saturated heterocycles. The van der Waals surface area contributed by atoms with E-state index in [-0.39, 0.29) is 41.2 Å². The number of aromatic hydroxyl groups is 1. The van der Waals surface area contributed by atoms with Crippen LogP contribution in [0.2, 0.25) is 10.0 Å². The minimum atomic E-state index is -4.51. The van der Waals surface area contributed by atoms with Gasteiger partial charge in [-0.1, -0.05) is 42.8 Å². The first-order valence-electron chi connectivity index (χ1n) is 8.22. The van der Waals surface area contributed by atoms with Crippen molar-refractivity contribution in [3.63, 3.8) is 0 Å². The number of benzene rings is 2. The van der Waals surface area contributed by atoms with E-state index in [4.69, 9.17) is 28.0 Å². The topological polar surface area (TPSA) is 80.5 Å². The molecule has 12 heteroatoms. The number of halogens is 5. The lowest BCUT2D eigenvalue weighted by atomic mass is 10.1. The minimum absolute atomic E-state index is 0. The van der Waals surface area contributed by atoms with Crippen LogP contribution in [0.25, 0.3) is 5.69 Å². The highest BCUT2D eigenvalue weighted by atomic mass is 35.5. The summed E-state index contributed by atoms with van der Waals surface area (Å²) in [5.41, 5.74) is -0.306. The molecular formula is C19H17Cl2F3N4O3. The van der Waals surface area contributed by atoms with Gasteiger partial charge in [0.1, 0.15) is 6.33 Å². The molecule has 0 aliphatic carbocycles. The molecule has 0 spiro atoms. The van der Waals surface area contributed by atoms with Crippen LogP contribution in [0.15, 0.2) is 42.7 Å². The Bertz CT molecular complexity index is 1070. The van der Waals surface area contributed by atoms with Crippen molar-refractivity contribution in [3.05, 3.63) is 69.7 Å². The first kappa shape index (κ1) is 24.4. The van der Waals surface area contributed by atoms with Crippen molar-refractivity contribution in [2.75, 3.05) is 7.11 Å². The average molecular weight is 477 g/mol. The highest BCUT2D eigenvalue weighted by molar-refractivity contribution is 6.37. The first-order valence-corrected chi connectivity index (χ1v) is 8.98. The third-order valence-corrected chi connectivity index (χ3v) is 4.55. The van der Waals surface area contributed by atoms with Gasteiger partial charge in [-0.25, -0.2) is 14.7 Å². The van der Waals surface area contributed by atoms with Crippen LogP contribution in [-0.4, -0.2) is 38.0 Å². The molecule has 31 heavy (non-hydrogen) atoms. The maximum absolute atomic E-state index is 12.9. The van der Waals surface area contributed by atoms with E-state index in [1.165, 1.54) is 42.4 Å². The van der Waals surface area contributed by atoms with Crippen molar-refractivity contribution in [2.24, 2.45) is 0 Å². The summed E-state index contributed by atoms with van der Waals surface area (Å²) in [5, 5.41) is 14.4. The van der Waals surface area contributed by atoms with E-state index in [9.17, 15) is 23.1 Å². The molecule has 0 fully saturated rings. The third kappa shape index (κ3) is 5.46. The number of phenolic OH excluding ortho intramolecular Hbond substituents is 1. The summed E-state index contributed by atoms with van der Waals surface area (Å²) in [6, 6.07) is 7.25. The number of phenols is 1. The Hall–Kier alpha value is -2.82. The summed E-state index contributed by atoms with van der Waals surface area (Å²) in [5.74, 6) is -1.35. The predicted octanol–water partition coefficient (Wildman–Crippen LogP) is 5.14. The number of rotatable bonds is 5. The third-order valence-electron chi connectivity index (χ3n) is 3.98. The molecule has 3 rings (SSSR count). The fraction of sp³-hybridized carbons (Fsp3) is 0.211. The largest absolute Gasteiger partial charge is 0.505 e. The van der Waals surface area contributed by atoms with Gasteiger partial charge in [0.25, 0.3) is 0 Å². The Morgan fingerprint density at radius 1 is 1.23 bits per heavy atom. The molecule has 1 aromatic heterocycles. The van der Waals surface area contributed by atoms with Gasteiger partial charge in [-0.15, -0.1) is 5.10 Å². The van der Waals surface area contributed by atoms with Crippen LogP contribution < -0.4 is 0 Å². The molecule has 0 aliphatic heterocycles. The standard InChI is InChI=1S/C18H13Cl2F3N4O3.CH4/c1-30-27(8-10-3-2-4-11(5-10)18(21,22)23)17(29)16-24-9-26(25-16)12-6-13(19)15(28)14(20)7-12;/h2-7,9,28H,8H2,1H3;1H4. The monoisotopic (exact) mass is 476 g/mol. The van der Waals surface area contributed by atoms with Gasteiger partial charge in [-0.2, -0.15) is 13.2 Å². The molecule has 166 valence electrons. The Labute approximate surface area is 185 Å². The molecule has 0 bridgehead atoms. The summed E-state index contributed by atoms with van der Waals surface area (Å²) >= 11 is 11.8. The van der Waals surface area contributed by atoms with Crippen molar-refractivity contribution in [1.82, 2.24) is 19.8 Å². The molecule has 0 atom stereocenters. The van der Waals surface area contributed by atoms with Crippen LogP contribution in [0.3, 0.4) is 0 Å². The van der Waals surface area contributed by atoms with Crippen molar-refractivity contribution in [2.45, 2.75) is 20.1 Å². The molecule has 1 N–H and O–H groups in total. The highest BCUT2D eigenvalue weighted by Gasteiger charge is 2.31. The molecule has 1 amide bonds. The van der Waals surface area contributed by atoms with Crippen LogP contribution >= 0.6 is 23.2 Å². The summed E-state index contributed by atoms with van der Waals surface area (Å²) in [6.45, 7) is -0.259. The molecule has 1 heterocycles. The molecule has 3 aromatic rings. The lowest BCUT2D eigenvalue weighted by Crippen LogP contribution is -2.30. The summed E-state index contributed by atoms with van der Waals surface area (Å²) < 4.78 is 39.9. The van der Waals surface area contributed by atoms with Crippen molar-refractivity contribution < 1.29 is 27.9 Å². The van der Waals surface area contributed by atoms with E-state index in [1.807, 2.05) is 0 Å². The van der Waals surface area contributed by atoms with Crippen molar-refractivity contribution in [3.8, 4) is 11.4 Å². The Balaban J connectivity index is 0.00000341. The van der Waals surface area contributed by atoms with Crippen LogP contribution in [0.4, 0.5) is 13.2 Å². The second-order valence-corrected chi connectivity index (χ2v) is 6.81. The number of hydrogen-bond acceptors (Lipinski definition) is 5. The number of alkyl halides is 3. The first-order chi connectivity index (χ1) is 14.1. The number of aromatic nitrogens is 3. The lowest BCUT2D eigenvalue weighted by molar-refractivity contribution is -0.137. The molecule has 0 unspecified atom stereocenters. The van der Waals surface area contributed by atoms with E-state index in [0.29, 0.717) is 5.69 Å². The smallest absolute Gasteiger partial charge is 0.416 e. The number of nitrogens with zero attached hydrogens (tertiary/aromatic N) is 4. The van der Waals surface area contributed by atoms with Crippen LogP contribution in [0.5, 0.6) is 5.75 Å². The maximum Gasteiger partial charge on any atom is 0.416 e. The number of hydrogen-bond donors (Lipinski definition) is 1. The van der Waals surface area contributed by atoms with Gasteiger partial charge < -0.3 is 5.11 Å². The second-order valence-electron chi connectivity index (χ2n) is 5.99. The molecule has 2 aromatic carbocycles. The van der Waals surface area contributed by atoms with E-state index < -0.39 is 17.6 Å². The van der Waals surface area contributed by atoms with Gasteiger partial charge in [0.05, 0.1) is 35.0 Å². The SMILES string of the molecule is C.CON(Cc1cccc(C(F)(F)F)c1)C(=O)c1ncn(-c2cc(Cl)c(O)c(Cl)c2)n1. The van der Waals surface area contributed by atoms with Crippen LogP contribution in [0, 0.1) is 0 Å². The van der Waals surface area contributed by atoms with Crippen LogP contribution in [0.1, 0.15) is 29.2 Å². The van der Waals surface area contributed by atoms with Gasteiger partial charge in [-0.3, -0.25) is 9.63 Å². The molecule has 7 nitrogen and oxygen atoms in total. The van der Waals surface area contributed by atoms with E-state index in [0.717, 1.165) is 17.2 Å². The van der Waals surface area contributed by atoms with E-state index in [1.54, 1.807) is 0 Å². The zero-order chi connectivity index (χ0) is 22.1. The summed E-state index contributed by atoms with van der Waals surface area (Å²) in [7, 11) is 1.20. The minimum Gasteiger partial charge on any atom is -0.505 e. The van der Waals surface area contributed by atoms with Crippen molar-refractivity contribution in [1.29, 1.82) is 0 Å². The lowest BCUT2D eigenvalue weighted by Gasteiger charge is -2.18. The van der Waals surface area contributed by atoms with Crippen molar-refractivity contribution >= 4 is 29.1 Å². The van der Waals surface area contributed by atoms with Gasteiger partial charge >= 0.3 is 12.1 Å². The van der Waals surface area contributed by atoms with E-state index in [2.05, 4.69) is 10.1 Å². The van der Waals surface area contributed by atoms with Gasteiger partial charge in [0.15, 0.2) is 5.75 Å². The Morgan fingerprint density at radius 2 is 1.87 bits per heavy atom. The highest BCUT2D eigenvalue weighted by Crippen LogP contribution is 2.34. The average Bonchev–Trinajstić information content (AvgIpc) is 3.19. The zero-order valence-corrected chi connectivity index (χ0v) is 16.7.